The van der Waals surface area contributed by atoms with Gasteiger partial charge in [-0.1, -0.05) is 48.5 Å². The van der Waals surface area contributed by atoms with Gasteiger partial charge in [-0.25, -0.2) is 26.3 Å². The van der Waals surface area contributed by atoms with Gasteiger partial charge in [0.25, 0.3) is 0 Å². The predicted octanol–water partition coefficient (Wildman–Crippen LogP) is 8.45. The zero-order valence-corrected chi connectivity index (χ0v) is 18.1. The van der Waals surface area contributed by atoms with Crippen LogP contribution in [0.5, 0.6) is 5.75 Å². The second-order valence-corrected chi connectivity index (χ2v) is 7.85. The minimum atomic E-state index is -1.78. The highest BCUT2D eigenvalue weighted by molar-refractivity contribution is 6.21. The van der Waals surface area contributed by atoms with Gasteiger partial charge in [0, 0.05) is 17.2 Å². The lowest BCUT2D eigenvalue weighted by Crippen LogP contribution is -2.05. The summed E-state index contributed by atoms with van der Waals surface area (Å²) in [5.41, 5.74) is -2.78. The molecule has 1 nitrogen and oxygen atoms in total. The van der Waals surface area contributed by atoms with Crippen LogP contribution in [0.2, 0.25) is 0 Å². The molecule has 5 aromatic rings. The van der Waals surface area contributed by atoms with Crippen molar-refractivity contribution < 1.29 is 39.9 Å². The molecule has 0 fully saturated rings. The van der Waals surface area contributed by atoms with Crippen LogP contribution in [0.3, 0.4) is 0 Å². The Kier molecular flexibility index (Phi) is 5.58. The third-order valence-electron chi connectivity index (χ3n) is 5.97. The Morgan fingerprint density at radius 1 is 0.444 bits per heavy atom. The fourth-order valence-electron chi connectivity index (χ4n) is 4.47. The second-order valence-electron chi connectivity index (χ2n) is 7.85. The molecule has 0 aliphatic rings. The first-order chi connectivity index (χ1) is 17.2. The van der Waals surface area contributed by atoms with Crippen LogP contribution >= 0.6 is 0 Å². The lowest BCUT2D eigenvalue weighted by atomic mass is 9.85. The van der Waals surface area contributed by atoms with Crippen LogP contribution in [-0.4, -0.2) is 7.11 Å². The molecule has 0 unspecified atom stereocenters. The fraction of sp³-hybridized carbons (Fsp3) is 0.0370. The van der Waals surface area contributed by atoms with Crippen LogP contribution in [0, 0.1) is 46.5 Å². The second kappa shape index (κ2) is 8.51. The molecule has 0 saturated carbocycles. The van der Waals surface area contributed by atoms with Crippen LogP contribution in [0.25, 0.3) is 43.8 Å². The Morgan fingerprint density at radius 2 is 0.778 bits per heavy atom. The van der Waals surface area contributed by atoms with E-state index in [0.29, 0.717) is 0 Å². The Morgan fingerprint density at radius 3 is 1.11 bits per heavy atom. The quantitative estimate of drug-likeness (QED) is 0.136. The van der Waals surface area contributed by atoms with Crippen LogP contribution in [-0.2, 0) is 0 Å². The molecule has 0 saturated heterocycles. The topological polar surface area (TPSA) is 9.23 Å². The van der Waals surface area contributed by atoms with E-state index in [2.05, 4.69) is 4.74 Å². The highest BCUT2D eigenvalue weighted by atomic mass is 19.2. The molecule has 0 amide bonds. The van der Waals surface area contributed by atoms with Gasteiger partial charge < -0.3 is 4.74 Å². The summed E-state index contributed by atoms with van der Waals surface area (Å²) in [6.07, 6.45) is 0. The number of ether oxygens (including phenoxy) is 1. The van der Waals surface area contributed by atoms with Crippen molar-refractivity contribution in [3.8, 4) is 28.0 Å². The maximum absolute atomic E-state index is 15.2. The van der Waals surface area contributed by atoms with Crippen molar-refractivity contribution in [3.05, 3.63) is 101 Å². The zero-order chi connectivity index (χ0) is 25.9. The third-order valence-corrected chi connectivity index (χ3v) is 5.97. The molecular formula is C27H12F8O. The number of halogens is 8. The van der Waals surface area contributed by atoms with Gasteiger partial charge in [-0.3, -0.25) is 0 Å². The van der Waals surface area contributed by atoms with E-state index in [1.807, 2.05) is 0 Å². The molecule has 5 rings (SSSR count). The number of hydrogen-bond acceptors (Lipinski definition) is 1. The van der Waals surface area contributed by atoms with Gasteiger partial charge in [-0.2, -0.15) is 8.78 Å². The molecule has 0 radical (unpaired) electrons. The van der Waals surface area contributed by atoms with Crippen molar-refractivity contribution >= 4 is 21.5 Å². The summed E-state index contributed by atoms with van der Waals surface area (Å²) < 4.78 is 122. The van der Waals surface area contributed by atoms with E-state index in [-0.39, 0.29) is 38.7 Å². The van der Waals surface area contributed by atoms with Crippen molar-refractivity contribution in [3.63, 3.8) is 0 Å². The molecule has 9 heteroatoms. The largest absolute Gasteiger partial charge is 0.491 e. The smallest absolute Gasteiger partial charge is 0.204 e. The Labute approximate surface area is 198 Å². The molecule has 0 aliphatic heterocycles. The van der Waals surface area contributed by atoms with Gasteiger partial charge in [0.15, 0.2) is 40.7 Å². The Hall–Kier alpha value is -4.14. The number of methoxy groups -OCH3 is 1. The van der Waals surface area contributed by atoms with Gasteiger partial charge in [0.1, 0.15) is 0 Å². The molecule has 182 valence electrons. The molecule has 0 heterocycles. The van der Waals surface area contributed by atoms with E-state index < -0.39 is 63.4 Å². The van der Waals surface area contributed by atoms with E-state index in [1.165, 1.54) is 48.5 Å². The van der Waals surface area contributed by atoms with Crippen molar-refractivity contribution in [1.82, 2.24) is 0 Å². The van der Waals surface area contributed by atoms with Crippen LogP contribution in [0.1, 0.15) is 0 Å². The number of benzene rings is 5. The number of fused-ring (bicyclic) bond motifs is 2. The highest BCUT2D eigenvalue weighted by Gasteiger charge is 2.31. The van der Waals surface area contributed by atoms with Crippen LogP contribution < -0.4 is 4.74 Å². The zero-order valence-electron chi connectivity index (χ0n) is 18.1. The molecule has 0 aromatic heterocycles. The van der Waals surface area contributed by atoms with Crippen molar-refractivity contribution in [1.29, 1.82) is 0 Å². The van der Waals surface area contributed by atoms with E-state index in [4.69, 9.17) is 0 Å². The van der Waals surface area contributed by atoms with Gasteiger partial charge in [-0.15, -0.1) is 0 Å². The summed E-state index contributed by atoms with van der Waals surface area (Å²) in [4.78, 5) is 0. The molecule has 0 atom stereocenters. The van der Waals surface area contributed by atoms with Gasteiger partial charge in [0.05, 0.1) is 18.2 Å². The lowest BCUT2D eigenvalue weighted by Gasteiger charge is -2.20. The first-order valence-electron chi connectivity index (χ1n) is 10.4. The molecule has 0 bridgehead atoms. The fourth-order valence-corrected chi connectivity index (χ4v) is 4.47. The summed E-state index contributed by atoms with van der Waals surface area (Å²) >= 11 is 0. The first-order valence-corrected chi connectivity index (χ1v) is 10.4. The lowest BCUT2D eigenvalue weighted by molar-refractivity contribution is 0.334. The normalized spacial score (nSPS) is 11.5. The van der Waals surface area contributed by atoms with E-state index in [1.54, 1.807) is 0 Å². The average Bonchev–Trinajstić information content (AvgIpc) is 2.87. The monoisotopic (exact) mass is 504 g/mol. The standard InChI is InChI=1S/C27H12F8O/c1-36-27-25(34)23(32)20(24(33)26(27)35)18-13-8-4-2-6-11(13)17(12-7-3-5-9-14(12)18)19-21(30)15(28)10-16(29)22(19)31/h2-10H,1H3. The first kappa shape index (κ1) is 23.6. The molecule has 0 N–H and O–H groups in total. The van der Waals surface area contributed by atoms with Crippen molar-refractivity contribution in [2.24, 2.45) is 0 Å². The minimum absolute atomic E-state index is 0.0561. The summed E-state index contributed by atoms with van der Waals surface area (Å²) in [5, 5.41) is -0.332. The third kappa shape index (κ3) is 3.22. The Bertz CT molecular complexity index is 1600. The highest BCUT2D eigenvalue weighted by Crippen LogP contribution is 2.47. The molecular weight excluding hydrogens is 492 g/mol. The van der Waals surface area contributed by atoms with E-state index >= 15 is 8.78 Å². The summed E-state index contributed by atoms with van der Waals surface area (Å²) in [6, 6.07) is 10.9. The summed E-state index contributed by atoms with van der Waals surface area (Å²) in [6.45, 7) is 0. The predicted molar refractivity (Wildman–Crippen MR) is 119 cm³/mol. The van der Waals surface area contributed by atoms with Crippen LogP contribution in [0.4, 0.5) is 35.1 Å². The average molecular weight is 504 g/mol. The van der Waals surface area contributed by atoms with Gasteiger partial charge >= 0.3 is 0 Å². The van der Waals surface area contributed by atoms with E-state index in [9.17, 15) is 26.3 Å². The van der Waals surface area contributed by atoms with Crippen molar-refractivity contribution in [2.45, 2.75) is 0 Å². The van der Waals surface area contributed by atoms with E-state index in [0.717, 1.165) is 7.11 Å². The van der Waals surface area contributed by atoms with Crippen LogP contribution in [0.15, 0.2) is 54.6 Å². The molecule has 0 spiro atoms. The molecule has 0 aliphatic carbocycles. The summed E-state index contributed by atoms with van der Waals surface area (Å²) in [7, 11) is 0.834. The van der Waals surface area contributed by atoms with Gasteiger partial charge in [-0.05, 0) is 21.5 Å². The maximum Gasteiger partial charge on any atom is 0.204 e. The Balaban J connectivity index is 2.06. The number of rotatable bonds is 3. The summed E-state index contributed by atoms with van der Waals surface area (Å²) in [5.74, 6) is -15.0. The maximum atomic E-state index is 15.2. The number of hydrogen-bond donors (Lipinski definition) is 0. The molecule has 5 aromatic carbocycles. The SMILES string of the molecule is COc1c(F)c(F)c(-c2c3ccccc3c(-c3c(F)c(F)cc(F)c3F)c3ccccc23)c(F)c1F. The van der Waals surface area contributed by atoms with Crippen molar-refractivity contribution in [2.75, 3.05) is 7.11 Å². The molecule has 36 heavy (non-hydrogen) atoms. The van der Waals surface area contributed by atoms with Gasteiger partial charge in [0.2, 0.25) is 11.6 Å². The minimum Gasteiger partial charge on any atom is -0.491 e.